The fourth-order valence-electron chi connectivity index (χ4n) is 1.87. The van der Waals surface area contributed by atoms with E-state index in [2.05, 4.69) is 30.5 Å². The molecule has 118 valence electrons. The topological polar surface area (TPSA) is 110 Å². The van der Waals surface area contributed by atoms with Crippen LogP contribution >= 0.6 is 11.8 Å². The van der Waals surface area contributed by atoms with Crippen LogP contribution in [-0.2, 0) is 12.3 Å². The number of amides is 1. The minimum atomic E-state index is -0.296. The van der Waals surface area contributed by atoms with Gasteiger partial charge in [0.15, 0.2) is 5.76 Å². The molecular formula is C14H14N6O2S. The smallest absolute Gasteiger partial charge is 0.287 e. The zero-order chi connectivity index (χ0) is 16.1. The van der Waals surface area contributed by atoms with Crippen molar-refractivity contribution in [2.45, 2.75) is 12.3 Å². The molecule has 0 atom stereocenters. The summed E-state index contributed by atoms with van der Waals surface area (Å²) in [5.41, 5.74) is 0.564. The van der Waals surface area contributed by atoms with Gasteiger partial charge in [-0.3, -0.25) is 14.9 Å². The van der Waals surface area contributed by atoms with Gasteiger partial charge in [-0.25, -0.2) is 9.97 Å². The van der Waals surface area contributed by atoms with Crippen LogP contribution in [0.2, 0.25) is 0 Å². The first-order valence-electron chi connectivity index (χ1n) is 6.80. The van der Waals surface area contributed by atoms with Gasteiger partial charge in [0.05, 0.1) is 18.5 Å². The average Bonchev–Trinajstić information content (AvgIpc) is 3.23. The second-order valence-corrected chi connectivity index (χ2v) is 5.44. The van der Waals surface area contributed by atoms with Gasteiger partial charge in [-0.2, -0.15) is 16.9 Å². The zero-order valence-corrected chi connectivity index (χ0v) is 13.1. The summed E-state index contributed by atoms with van der Waals surface area (Å²) in [7, 11) is 0. The Bertz CT molecular complexity index is 785. The van der Waals surface area contributed by atoms with Crippen molar-refractivity contribution >= 4 is 17.7 Å². The van der Waals surface area contributed by atoms with E-state index in [-0.39, 0.29) is 18.2 Å². The van der Waals surface area contributed by atoms with Gasteiger partial charge in [-0.05, 0) is 18.4 Å². The van der Waals surface area contributed by atoms with Crippen molar-refractivity contribution in [3.8, 4) is 11.5 Å². The van der Waals surface area contributed by atoms with Crippen LogP contribution in [0.5, 0.6) is 0 Å². The molecule has 0 fully saturated rings. The van der Waals surface area contributed by atoms with Gasteiger partial charge in [0.2, 0.25) is 5.82 Å². The average molecular weight is 330 g/mol. The SMILES string of the molecule is CSCc1ccc(C(=O)NCc2nc(-c3cnccn3)n[nH]2)o1. The number of hydrogen-bond donors (Lipinski definition) is 2. The molecule has 23 heavy (non-hydrogen) atoms. The summed E-state index contributed by atoms with van der Waals surface area (Å²) in [4.78, 5) is 24.4. The van der Waals surface area contributed by atoms with Crippen LogP contribution in [0.25, 0.3) is 11.5 Å². The number of hydrogen-bond acceptors (Lipinski definition) is 7. The molecule has 0 radical (unpaired) electrons. The number of H-pyrrole nitrogens is 1. The minimum absolute atomic E-state index is 0.213. The van der Waals surface area contributed by atoms with Gasteiger partial charge in [-0.1, -0.05) is 0 Å². The molecule has 0 aliphatic rings. The molecule has 3 heterocycles. The maximum Gasteiger partial charge on any atom is 0.287 e. The zero-order valence-electron chi connectivity index (χ0n) is 12.3. The van der Waals surface area contributed by atoms with Gasteiger partial charge in [0, 0.05) is 12.4 Å². The van der Waals surface area contributed by atoms with Crippen molar-refractivity contribution in [2.75, 3.05) is 6.26 Å². The maximum absolute atomic E-state index is 12.0. The quantitative estimate of drug-likeness (QED) is 0.707. The third-order valence-electron chi connectivity index (χ3n) is 2.91. The lowest BCUT2D eigenvalue weighted by Crippen LogP contribution is -2.22. The molecule has 8 nitrogen and oxygen atoms in total. The molecule has 0 unspecified atom stereocenters. The summed E-state index contributed by atoms with van der Waals surface area (Å²) in [6, 6.07) is 3.46. The minimum Gasteiger partial charge on any atom is -0.455 e. The highest BCUT2D eigenvalue weighted by atomic mass is 32.2. The van der Waals surface area contributed by atoms with Crippen molar-refractivity contribution in [1.29, 1.82) is 0 Å². The van der Waals surface area contributed by atoms with E-state index in [4.69, 9.17) is 4.42 Å². The Hall–Kier alpha value is -2.68. The Morgan fingerprint density at radius 3 is 3.09 bits per heavy atom. The number of thioether (sulfide) groups is 1. The van der Waals surface area contributed by atoms with Crippen molar-refractivity contribution < 1.29 is 9.21 Å². The number of rotatable bonds is 6. The van der Waals surface area contributed by atoms with Gasteiger partial charge < -0.3 is 9.73 Å². The fourth-order valence-corrected chi connectivity index (χ4v) is 2.31. The van der Waals surface area contributed by atoms with E-state index < -0.39 is 0 Å². The molecule has 2 N–H and O–H groups in total. The molecule has 0 aliphatic carbocycles. The highest BCUT2D eigenvalue weighted by molar-refractivity contribution is 7.97. The normalized spacial score (nSPS) is 10.7. The largest absolute Gasteiger partial charge is 0.455 e. The number of aromatic nitrogens is 5. The van der Waals surface area contributed by atoms with E-state index in [1.165, 1.54) is 0 Å². The number of carbonyl (C=O) groups is 1. The molecule has 0 bridgehead atoms. The molecule has 0 saturated heterocycles. The monoisotopic (exact) mass is 330 g/mol. The molecule has 3 aromatic rings. The molecule has 0 aromatic carbocycles. The molecule has 0 saturated carbocycles. The second kappa shape index (κ2) is 7.05. The number of carbonyl (C=O) groups excluding carboxylic acids is 1. The van der Waals surface area contributed by atoms with E-state index in [9.17, 15) is 4.79 Å². The van der Waals surface area contributed by atoms with Crippen LogP contribution < -0.4 is 5.32 Å². The summed E-state index contributed by atoms with van der Waals surface area (Å²) in [6.45, 7) is 0.213. The van der Waals surface area contributed by atoms with Crippen molar-refractivity contribution in [2.24, 2.45) is 0 Å². The predicted molar refractivity (Wildman–Crippen MR) is 84.5 cm³/mol. The van der Waals surface area contributed by atoms with Gasteiger partial charge in [-0.15, -0.1) is 0 Å². The Labute approximate surface area is 136 Å². The van der Waals surface area contributed by atoms with Gasteiger partial charge in [0.25, 0.3) is 5.91 Å². The summed E-state index contributed by atoms with van der Waals surface area (Å²) in [6.07, 6.45) is 6.69. The lowest BCUT2D eigenvalue weighted by Gasteiger charge is -1.99. The lowest BCUT2D eigenvalue weighted by atomic mass is 10.4. The van der Waals surface area contributed by atoms with Crippen LogP contribution in [0, 0.1) is 0 Å². The number of nitrogens with one attached hydrogen (secondary N) is 2. The maximum atomic E-state index is 12.0. The van der Waals surface area contributed by atoms with Gasteiger partial charge in [0.1, 0.15) is 17.3 Å². The third-order valence-corrected chi connectivity index (χ3v) is 3.49. The second-order valence-electron chi connectivity index (χ2n) is 4.58. The molecule has 3 rings (SSSR count). The van der Waals surface area contributed by atoms with E-state index in [0.717, 1.165) is 11.5 Å². The van der Waals surface area contributed by atoms with E-state index in [1.807, 2.05) is 6.26 Å². The summed E-state index contributed by atoms with van der Waals surface area (Å²) < 4.78 is 5.45. The summed E-state index contributed by atoms with van der Waals surface area (Å²) >= 11 is 1.63. The number of nitrogens with zero attached hydrogens (tertiary/aromatic N) is 4. The van der Waals surface area contributed by atoms with Crippen molar-refractivity contribution in [1.82, 2.24) is 30.5 Å². The molecule has 0 spiro atoms. The highest BCUT2D eigenvalue weighted by Crippen LogP contribution is 2.13. The Morgan fingerprint density at radius 1 is 1.39 bits per heavy atom. The van der Waals surface area contributed by atoms with Crippen LogP contribution in [0.15, 0.2) is 35.1 Å². The first-order chi connectivity index (χ1) is 11.3. The fraction of sp³-hybridized carbons (Fsp3) is 0.214. The Balaban J connectivity index is 1.60. The van der Waals surface area contributed by atoms with Crippen LogP contribution in [-0.4, -0.2) is 37.3 Å². The predicted octanol–water partition coefficient (Wildman–Crippen LogP) is 1.65. The molecule has 0 aliphatic heterocycles. The van der Waals surface area contributed by atoms with Crippen LogP contribution in [0.1, 0.15) is 22.1 Å². The Kier molecular flexibility index (Phi) is 4.67. The van der Waals surface area contributed by atoms with Crippen LogP contribution in [0.3, 0.4) is 0 Å². The molecule has 3 aromatic heterocycles. The van der Waals surface area contributed by atoms with E-state index >= 15 is 0 Å². The van der Waals surface area contributed by atoms with Crippen LogP contribution in [0.4, 0.5) is 0 Å². The van der Waals surface area contributed by atoms with E-state index in [1.54, 1.807) is 42.5 Å². The third kappa shape index (κ3) is 3.75. The van der Waals surface area contributed by atoms with Crippen molar-refractivity contribution in [3.05, 3.63) is 48.1 Å². The molecular weight excluding hydrogens is 316 g/mol. The Morgan fingerprint density at radius 2 is 2.30 bits per heavy atom. The summed E-state index contributed by atoms with van der Waals surface area (Å²) in [5, 5.41) is 9.53. The van der Waals surface area contributed by atoms with E-state index in [0.29, 0.717) is 17.3 Å². The summed E-state index contributed by atoms with van der Waals surface area (Å²) in [5.74, 6) is 2.44. The lowest BCUT2D eigenvalue weighted by molar-refractivity contribution is 0.0921. The molecule has 1 amide bonds. The standard InChI is InChI=1S/C14H14N6O2S/c1-23-8-9-2-3-11(22-9)14(21)17-7-12-18-13(20-19-12)10-6-15-4-5-16-10/h2-6H,7-8H2,1H3,(H,17,21)(H,18,19,20). The molecule has 9 heteroatoms. The number of furan rings is 1. The number of aromatic amines is 1. The first kappa shape index (κ1) is 15.2. The highest BCUT2D eigenvalue weighted by Gasteiger charge is 2.12. The van der Waals surface area contributed by atoms with Crippen molar-refractivity contribution in [3.63, 3.8) is 0 Å². The van der Waals surface area contributed by atoms with Gasteiger partial charge >= 0.3 is 0 Å². The first-order valence-corrected chi connectivity index (χ1v) is 8.19.